The number of fused-ring (bicyclic) bond motifs is 26. The number of rotatable bonds is 6. The molecule has 8 aromatic heterocycles. The van der Waals surface area contributed by atoms with E-state index in [1.54, 1.807) is 0 Å². The molecule has 456 valence electrons. The van der Waals surface area contributed by atoms with E-state index in [0.29, 0.717) is 11.6 Å². The molecule has 10 heteroatoms. The van der Waals surface area contributed by atoms with Crippen LogP contribution in [0.15, 0.2) is 312 Å². The standard InChI is InChI=1S/2C44H25N3OS/c1-2-13-26(14-3-1)40-29-17-4-8-21-33(29)45-44(46-40)27-15-12-16-28(25-27)47-34-22-9-5-18-30(34)39-41(47)42-37(31-19-6-10-23-35(31)48-42)38-32-20-7-11-24-36(32)49-43(38)39;1-2-12-26(13-3-1)40-29-14-4-8-18-33(29)45-44(46-40)27-22-24-28(25-23-27)47-34-19-9-5-15-30(34)39-41(47)42-37(31-16-6-10-20-35(31)48-42)38-32-17-7-11-21-36(32)49-43(38)39/h2*1-25H. The molecule has 0 aliphatic heterocycles. The molecule has 22 aromatic rings. The molecule has 0 saturated heterocycles. The number of furan rings is 2. The van der Waals surface area contributed by atoms with Crippen LogP contribution in [0.1, 0.15) is 0 Å². The summed E-state index contributed by atoms with van der Waals surface area (Å²) in [5.74, 6) is 1.40. The van der Waals surface area contributed by atoms with Crippen molar-refractivity contribution in [3.63, 3.8) is 0 Å². The fourth-order valence-corrected chi connectivity index (χ4v) is 17.9. The zero-order chi connectivity index (χ0) is 64.1. The zero-order valence-electron chi connectivity index (χ0n) is 52.2. The summed E-state index contributed by atoms with van der Waals surface area (Å²) in [4.78, 5) is 20.4. The van der Waals surface area contributed by atoms with Gasteiger partial charge in [0.2, 0.25) is 0 Å². The van der Waals surface area contributed by atoms with Crippen molar-refractivity contribution in [2.24, 2.45) is 0 Å². The topological polar surface area (TPSA) is 87.7 Å². The average Bonchev–Trinajstić information content (AvgIpc) is 1.53. The Morgan fingerprint density at radius 2 is 0.663 bits per heavy atom. The van der Waals surface area contributed by atoms with Gasteiger partial charge in [-0.2, -0.15) is 0 Å². The van der Waals surface area contributed by atoms with Crippen LogP contribution >= 0.6 is 22.7 Å². The lowest BCUT2D eigenvalue weighted by Crippen LogP contribution is -1.98. The van der Waals surface area contributed by atoms with Crippen molar-refractivity contribution in [2.75, 3.05) is 0 Å². The number of benzene rings is 14. The van der Waals surface area contributed by atoms with Gasteiger partial charge in [-0.15, -0.1) is 22.7 Å². The monoisotopic (exact) mass is 1290 g/mol. The third kappa shape index (κ3) is 8.16. The molecular formula is C88H50N6O2S2. The summed E-state index contributed by atoms with van der Waals surface area (Å²) < 4.78 is 23.6. The van der Waals surface area contributed by atoms with E-state index in [1.807, 2.05) is 59.1 Å². The van der Waals surface area contributed by atoms with Crippen molar-refractivity contribution >= 4 is 172 Å². The first kappa shape index (κ1) is 54.8. The van der Waals surface area contributed by atoms with Crippen LogP contribution in [0.2, 0.25) is 0 Å². The average molecular weight is 1290 g/mol. The lowest BCUT2D eigenvalue weighted by atomic mass is 10.0. The normalized spacial score (nSPS) is 12.1. The Labute approximate surface area is 566 Å². The first-order valence-electron chi connectivity index (χ1n) is 32.8. The van der Waals surface area contributed by atoms with Gasteiger partial charge >= 0.3 is 0 Å². The van der Waals surface area contributed by atoms with Gasteiger partial charge in [0, 0.05) is 128 Å². The minimum absolute atomic E-state index is 0.695. The van der Waals surface area contributed by atoms with Crippen LogP contribution in [0.25, 0.3) is 206 Å². The molecule has 0 fully saturated rings. The SMILES string of the molecule is c1ccc(-c2nc(-c3ccc(-n4c5ccccc5c5c6sc7ccccc7c6c6c7ccccc7oc6c54)cc3)nc3ccccc23)cc1.c1ccc(-c2nc(-c3cccc(-n4c5ccccc5c5c6sc7ccccc7c6c6c7ccccc7oc6c54)c3)nc3ccccc23)cc1. The largest absolute Gasteiger partial charge is 0.454 e. The van der Waals surface area contributed by atoms with Gasteiger partial charge in [0.05, 0.1) is 44.5 Å². The molecule has 8 nitrogen and oxygen atoms in total. The second kappa shape index (κ2) is 21.5. The minimum Gasteiger partial charge on any atom is -0.454 e. The fraction of sp³-hybridized carbons (Fsp3) is 0. The van der Waals surface area contributed by atoms with Gasteiger partial charge in [-0.3, -0.25) is 0 Å². The molecule has 0 aliphatic carbocycles. The molecule has 8 heterocycles. The molecule has 0 amide bonds. The second-order valence-corrected chi connectivity index (χ2v) is 27.1. The van der Waals surface area contributed by atoms with Gasteiger partial charge in [0.1, 0.15) is 11.2 Å². The maximum Gasteiger partial charge on any atom is 0.160 e. The highest BCUT2D eigenvalue weighted by molar-refractivity contribution is 7.27. The van der Waals surface area contributed by atoms with E-state index >= 15 is 0 Å². The first-order valence-corrected chi connectivity index (χ1v) is 34.5. The van der Waals surface area contributed by atoms with Crippen molar-refractivity contribution < 1.29 is 8.83 Å². The smallest absolute Gasteiger partial charge is 0.160 e. The van der Waals surface area contributed by atoms with E-state index in [9.17, 15) is 0 Å². The van der Waals surface area contributed by atoms with Gasteiger partial charge in [-0.05, 0) is 84.9 Å². The highest BCUT2D eigenvalue weighted by Crippen LogP contribution is 2.53. The molecule has 14 aromatic carbocycles. The Hall–Kier alpha value is -12.6. The first-order chi connectivity index (χ1) is 48.6. The van der Waals surface area contributed by atoms with Crippen LogP contribution in [0.5, 0.6) is 0 Å². The van der Waals surface area contributed by atoms with E-state index in [1.165, 1.54) is 72.7 Å². The lowest BCUT2D eigenvalue weighted by Gasteiger charge is -2.12. The Morgan fingerprint density at radius 1 is 0.265 bits per heavy atom. The molecular weight excluding hydrogens is 1240 g/mol. The molecule has 0 unspecified atom stereocenters. The summed E-state index contributed by atoms with van der Waals surface area (Å²) in [6, 6.07) is 106. The Morgan fingerprint density at radius 3 is 1.17 bits per heavy atom. The maximum absolute atomic E-state index is 6.87. The molecule has 0 bridgehead atoms. The summed E-state index contributed by atoms with van der Waals surface area (Å²) in [7, 11) is 0. The molecule has 0 N–H and O–H groups in total. The quantitative estimate of drug-likeness (QED) is 0.165. The third-order valence-corrected chi connectivity index (χ3v) is 21.9. The van der Waals surface area contributed by atoms with Crippen LogP contribution in [-0.4, -0.2) is 29.1 Å². The van der Waals surface area contributed by atoms with Crippen molar-refractivity contribution in [2.45, 2.75) is 0 Å². The van der Waals surface area contributed by atoms with Crippen LogP contribution < -0.4 is 0 Å². The van der Waals surface area contributed by atoms with Crippen molar-refractivity contribution in [3.8, 4) is 56.7 Å². The lowest BCUT2D eigenvalue weighted by molar-refractivity contribution is 0.671. The molecule has 0 saturated carbocycles. The van der Waals surface area contributed by atoms with Crippen LogP contribution in [0.3, 0.4) is 0 Å². The number of para-hydroxylation sites is 6. The fourth-order valence-electron chi connectivity index (χ4n) is 15.4. The van der Waals surface area contributed by atoms with Crippen LogP contribution in [-0.2, 0) is 0 Å². The van der Waals surface area contributed by atoms with Gasteiger partial charge in [-0.1, -0.05) is 218 Å². The predicted octanol–water partition coefficient (Wildman–Crippen LogP) is 24.7. The van der Waals surface area contributed by atoms with E-state index in [-0.39, 0.29) is 0 Å². The maximum atomic E-state index is 6.87. The Kier molecular flexibility index (Phi) is 12.0. The molecule has 98 heavy (non-hydrogen) atoms. The number of aromatic nitrogens is 6. The molecule has 0 radical (unpaired) electrons. The number of hydrogen-bond acceptors (Lipinski definition) is 8. The van der Waals surface area contributed by atoms with Crippen LogP contribution in [0, 0.1) is 0 Å². The zero-order valence-corrected chi connectivity index (χ0v) is 53.8. The summed E-state index contributed by atoms with van der Waals surface area (Å²) in [6.45, 7) is 0. The van der Waals surface area contributed by atoms with Crippen molar-refractivity contribution in [1.29, 1.82) is 0 Å². The summed E-state index contributed by atoms with van der Waals surface area (Å²) in [5, 5.41) is 16.6. The van der Waals surface area contributed by atoms with E-state index < -0.39 is 0 Å². The third-order valence-electron chi connectivity index (χ3n) is 19.6. The molecule has 22 rings (SSSR count). The number of nitrogens with zero attached hydrogens (tertiary/aromatic N) is 6. The Bertz CT molecular complexity index is 7060. The second-order valence-electron chi connectivity index (χ2n) is 25.0. The summed E-state index contributed by atoms with van der Waals surface area (Å²) in [6.07, 6.45) is 0. The van der Waals surface area contributed by atoms with Gasteiger partial charge < -0.3 is 18.0 Å². The van der Waals surface area contributed by atoms with E-state index in [0.717, 1.165) is 122 Å². The van der Waals surface area contributed by atoms with E-state index in [4.69, 9.17) is 28.8 Å². The predicted molar refractivity (Wildman–Crippen MR) is 410 cm³/mol. The number of thiophene rings is 2. The van der Waals surface area contributed by atoms with Crippen LogP contribution in [0.4, 0.5) is 0 Å². The molecule has 0 atom stereocenters. The highest BCUT2D eigenvalue weighted by Gasteiger charge is 2.28. The molecule has 0 aliphatic rings. The van der Waals surface area contributed by atoms with Gasteiger partial charge in [0.15, 0.2) is 22.8 Å². The Balaban J connectivity index is 0.000000129. The minimum atomic E-state index is 0.695. The summed E-state index contributed by atoms with van der Waals surface area (Å²) >= 11 is 3.74. The molecule has 0 spiro atoms. The van der Waals surface area contributed by atoms with Crippen molar-refractivity contribution in [1.82, 2.24) is 29.1 Å². The highest BCUT2D eigenvalue weighted by atomic mass is 32.1. The summed E-state index contributed by atoms with van der Waals surface area (Å²) in [5.41, 5.74) is 17.9. The van der Waals surface area contributed by atoms with E-state index in [2.05, 4.69) is 276 Å². The van der Waals surface area contributed by atoms with Crippen molar-refractivity contribution in [3.05, 3.63) is 303 Å². The van der Waals surface area contributed by atoms with Gasteiger partial charge in [-0.25, -0.2) is 19.9 Å². The number of hydrogen-bond donors (Lipinski definition) is 0. The van der Waals surface area contributed by atoms with Gasteiger partial charge in [0.25, 0.3) is 0 Å².